The Kier molecular flexibility index (Phi) is 5.25. The first-order chi connectivity index (χ1) is 19.3. The number of Topliss-reactive ketones (excluding diaryl/α,β-unsaturated/α-hetero) is 1. The Labute approximate surface area is 229 Å². The van der Waals surface area contributed by atoms with Gasteiger partial charge in [-0.15, -0.1) is 0 Å². The van der Waals surface area contributed by atoms with Gasteiger partial charge in [-0.2, -0.15) is 0 Å². The number of carbonyl (C=O) groups is 2. The molecule has 3 N–H and O–H groups in total. The molecule has 40 heavy (non-hydrogen) atoms. The fraction of sp³-hybridized carbons (Fsp3) is 0.194. The topological polar surface area (TPSA) is 125 Å². The predicted molar refractivity (Wildman–Crippen MR) is 153 cm³/mol. The van der Waals surface area contributed by atoms with Crippen molar-refractivity contribution in [1.29, 1.82) is 0 Å². The number of hydrogen-bond donors (Lipinski definition) is 2. The zero-order valence-corrected chi connectivity index (χ0v) is 21.8. The van der Waals surface area contributed by atoms with Crippen LogP contribution in [0.25, 0.3) is 27.8 Å². The van der Waals surface area contributed by atoms with Crippen LogP contribution in [0.5, 0.6) is 0 Å². The second kappa shape index (κ2) is 8.74. The number of benzene rings is 2. The zero-order chi connectivity index (χ0) is 27.6. The third kappa shape index (κ3) is 3.81. The van der Waals surface area contributed by atoms with E-state index in [2.05, 4.69) is 15.3 Å². The number of hydrogen-bond acceptors (Lipinski definition) is 6. The summed E-state index contributed by atoms with van der Waals surface area (Å²) in [7, 11) is 1.89. The van der Waals surface area contributed by atoms with E-state index in [0.717, 1.165) is 35.0 Å². The van der Waals surface area contributed by atoms with Crippen molar-refractivity contribution in [3.63, 3.8) is 0 Å². The number of para-hydroxylation sites is 1. The van der Waals surface area contributed by atoms with Crippen molar-refractivity contribution in [2.45, 2.75) is 25.7 Å². The summed E-state index contributed by atoms with van der Waals surface area (Å²) in [5.41, 5.74) is 10.4. The largest absolute Gasteiger partial charge is 0.383 e. The van der Waals surface area contributed by atoms with Crippen molar-refractivity contribution in [2.75, 3.05) is 11.1 Å². The number of fused-ring (bicyclic) bond motifs is 2. The fourth-order valence-electron chi connectivity index (χ4n) is 5.85. The van der Waals surface area contributed by atoms with Crippen LogP contribution >= 0.6 is 0 Å². The van der Waals surface area contributed by atoms with Crippen molar-refractivity contribution in [3.05, 3.63) is 100 Å². The molecule has 1 fully saturated rings. The van der Waals surface area contributed by atoms with Gasteiger partial charge >= 0.3 is 0 Å². The number of nitrogens with two attached hydrogens (primary N) is 1. The normalized spacial score (nSPS) is 15.3. The summed E-state index contributed by atoms with van der Waals surface area (Å²) in [6.45, 7) is 0. The molecule has 3 aromatic heterocycles. The van der Waals surface area contributed by atoms with Gasteiger partial charge in [0.2, 0.25) is 0 Å². The van der Waals surface area contributed by atoms with Crippen LogP contribution in [0.3, 0.4) is 0 Å². The quantitative estimate of drug-likeness (QED) is 0.352. The number of anilines is 2. The Bertz CT molecular complexity index is 1900. The highest BCUT2D eigenvalue weighted by Gasteiger charge is 2.49. The second-order valence-electron chi connectivity index (χ2n) is 10.8. The molecule has 0 unspecified atom stereocenters. The summed E-state index contributed by atoms with van der Waals surface area (Å²) >= 11 is 0. The molecule has 0 saturated heterocycles. The third-order valence-electron chi connectivity index (χ3n) is 8.13. The van der Waals surface area contributed by atoms with E-state index in [9.17, 15) is 14.4 Å². The second-order valence-corrected chi connectivity index (χ2v) is 10.8. The molecule has 9 nitrogen and oxygen atoms in total. The van der Waals surface area contributed by atoms with E-state index in [-0.39, 0.29) is 16.8 Å². The molecule has 3 heterocycles. The van der Waals surface area contributed by atoms with E-state index in [4.69, 9.17) is 5.73 Å². The minimum Gasteiger partial charge on any atom is -0.383 e. The van der Waals surface area contributed by atoms with E-state index in [1.165, 1.54) is 12.4 Å². The Morgan fingerprint density at radius 2 is 1.73 bits per heavy atom. The van der Waals surface area contributed by atoms with Gasteiger partial charge in [0.25, 0.3) is 11.5 Å². The zero-order valence-electron chi connectivity index (χ0n) is 21.8. The van der Waals surface area contributed by atoms with Crippen molar-refractivity contribution in [1.82, 2.24) is 19.1 Å². The molecule has 0 radical (unpaired) electrons. The molecule has 1 saturated carbocycles. The number of nitrogen functional groups attached to an aromatic ring is 1. The number of aryl methyl sites for hydroxylation is 1. The fourth-order valence-corrected chi connectivity index (χ4v) is 5.85. The lowest BCUT2D eigenvalue weighted by Crippen LogP contribution is -2.35. The van der Waals surface area contributed by atoms with Crippen LogP contribution in [0.1, 0.15) is 45.7 Å². The number of rotatable bonds is 4. The van der Waals surface area contributed by atoms with Gasteiger partial charge in [-0.25, -0.2) is 9.97 Å². The van der Waals surface area contributed by atoms with Crippen molar-refractivity contribution >= 4 is 34.2 Å². The average Bonchev–Trinajstić information content (AvgIpc) is 3.60. The van der Waals surface area contributed by atoms with E-state index in [0.29, 0.717) is 41.3 Å². The van der Waals surface area contributed by atoms with Gasteiger partial charge in [-0.3, -0.25) is 19.0 Å². The number of amides is 1. The highest BCUT2D eigenvalue weighted by atomic mass is 16.2. The molecule has 0 atom stereocenters. The van der Waals surface area contributed by atoms with Crippen molar-refractivity contribution in [3.8, 4) is 16.8 Å². The van der Waals surface area contributed by atoms with Gasteiger partial charge < -0.3 is 15.6 Å². The number of carbonyl (C=O) groups excluding carboxylic acids is 2. The van der Waals surface area contributed by atoms with Gasteiger partial charge in [0.15, 0.2) is 5.78 Å². The number of pyridine rings is 1. The first-order valence-electron chi connectivity index (χ1n) is 13.2. The highest BCUT2D eigenvalue weighted by Crippen LogP contribution is 2.54. The smallest absolute Gasteiger partial charge is 0.268 e. The number of aromatic nitrogens is 4. The Balaban J connectivity index is 1.24. The maximum Gasteiger partial charge on any atom is 0.268 e. The van der Waals surface area contributed by atoms with Crippen molar-refractivity contribution < 1.29 is 9.59 Å². The molecule has 0 bridgehead atoms. The monoisotopic (exact) mass is 530 g/mol. The number of ketones is 1. The van der Waals surface area contributed by atoms with Gasteiger partial charge in [0, 0.05) is 47.9 Å². The highest BCUT2D eigenvalue weighted by molar-refractivity contribution is 6.07. The van der Waals surface area contributed by atoms with Crippen LogP contribution in [0.4, 0.5) is 11.5 Å². The average molecular weight is 531 g/mol. The van der Waals surface area contributed by atoms with E-state index >= 15 is 0 Å². The van der Waals surface area contributed by atoms with E-state index in [1.54, 1.807) is 16.7 Å². The summed E-state index contributed by atoms with van der Waals surface area (Å²) < 4.78 is 3.44. The van der Waals surface area contributed by atoms with Crippen LogP contribution in [0, 0.1) is 5.41 Å². The molecular weight excluding hydrogens is 504 g/mol. The summed E-state index contributed by atoms with van der Waals surface area (Å²) in [6, 6.07) is 18.0. The Hall–Kier alpha value is -5.05. The van der Waals surface area contributed by atoms with Crippen molar-refractivity contribution in [2.24, 2.45) is 12.5 Å². The minimum atomic E-state index is -0.562. The maximum atomic E-state index is 13.8. The van der Waals surface area contributed by atoms with Gasteiger partial charge in [-0.05, 0) is 60.6 Å². The van der Waals surface area contributed by atoms with Crippen LogP contribution < -0.4 is 16.6 Å². The molecule has 2 aliphatic rings. The lowest BCUT2D eigenvalue weighted by molar-refractivity contribution is 0.0938. The molecule has 2 aromatic carbocycles. The molecule has 1 amide bonds. The summed E-state index contributed by atoms with van der Waals surface area (Å²) in [4.78, 5) is 48.9. The number of nitrogens with one attached hydrogen (secondary N) is 1. The minimum absolute atomic E-state index is 0.0137. The lowest BCUT2D eigenvalue weighted by Gasteiger charge is -2.27. The molecule has 0 aliphatic heterocycles. The first-order valence-corrected chi connectivity index (χ1v) is 13.2. The molecular formula is C31H26N6O3. The lowest BCUT2D eigenvalue weighted by atomic mass is 9.82. The van der Waals surface area contributed by atoms with Crippen LogP contribution in [0.2, 0.25) is 0 Å². The standard InChI is InChI=1S/C31H26N6O3/c1-36-16-23(26-27(32)33-17-34-28(26)36)18-7-9-19(10-8-18)35-29(39)22-13-21-24(14-31(11-12-31)15-25(21)38)37(30(22)40)20-5-3-2-4-6-20/h2-10,13,16-17H,11-12,14-15H2,1H3,(H,35,39)(H2,32,33,34). The van der Waals surface area contributed by atoms with Gasteiger partial charge in [0.1, 0.15) is 23.4 Å². The number of nitrogens with zero attached hydrogens (tertiary/aromatic N) is 4. The summed E-state index contributed by atoms with van der Waals surface area (Å²) in [5.74, 6) is -0.185. The summed E-state index contributed by atoms with van der Waals surface area (Å²) in [6.07, 6.45) is 6.45. The molecule has 198 valence electrons. The predicted octanol–water partition coefficient (Wildman–Crippen LogP) is 4.53. The molecule has 2 aliphatic carbocycles. The van der Waals surface area contributed by atoms with E-state index < -0.39 is 11.5 Å². The Morgan fingerprint density at radius 1 is 0.975 bits per heavy atom. The Morgan fingerprint density at radius 3 is 2.45 bits per heavy atom. The molecule has 9 heteroatoms. The van der Waals surface area contributed by atoms with Crippen LogP contribution in [0.15, 0.2) is 78.0 Å². The molecule has 7 rings (SSSR count). The maximum absolute atomic E-state index is 13.8. The first kappa shape index (κ1) is 24.0. The van der Waals surface area contributed by atoms with Gasteiger partial charge in [0.05, 0.1) is 5.39 Å². The van der Waals surface area contributed by atoms with Gasteiger partial charge in [-0.1, -0.05) is 30.3 Å². The third-order valence-corrected chi connectivity index (χ3v) is 8.13. The SMILES string of the molecule is Cn1cc(-c2ccc(NC(=O)c3cc4c(n(-c5ccccc5)c3=O)CC3(CC3)CC4=O)cc2)c2c(N)ncnc21. The summed E-state index contributed by atoms with van der Waals surface area (Å²) in [5, 5.41) is 3.60. The van der Waals surface area contributed by atoms with Crippen LogP contribution in [-0.4, -0.2) is 30.8 Å². The van der Waals surface area contributed by atoms with E-state index in [1.807, 2.05) is 60.3 Å². The molecule has 1 spiro atoms. The van der Waals surface area contributed by atoms with Crippen LogP contribution in [-0.2, 0) is 13.5 Å². The molecule has 5 aromatic rings.